The Labute approximate surface area is 101 Å². The van der Waals surface area contributed by atoms with Crippen molar-refractivity contribution in [1.29, 1.82) is 0 Å². The van der Waals surface area contributed by atoms with E-state index < -0.39 is 0 Å². The molecule has 0 N–H and O–H groups in total. The van der Waals surface area contributed by atoms with Crippen LogP contribution in [0, 0.1) is 5.41 Å². The van der Waals surface area contributed by atoms with Crippen LogP contribution < -0.4 is 0 Å². The molecule has 0 amide bonds. The van der Waals surface area contributed by atoms with E-state index in [1.807, 2.05) is 0 Å². The Hall–Kier alpha value is -0.0800. The fraction of sp³-hybridized carbons (Fsp3) is 1.00. The maximum Gasteiger partial charge on any atom is 0.0545 e. The number of hydrogen-bond acceptors (Lipinski definition) is 2. The maximum absolute atomic E-state index is 5.44. The van der Waals surface area contributed by atoms with Gasteiger partial charge in [-0.15, -0.1) is 0 Å². The summed E-state index contributed by atoms with van der Waals surface area (Å²) in [5, 5.41) is 0. The molecule has 1 rings (SSSR count). The molecule has 0 saturated carbocycles. The molecule has 2 nitrogen and oxygen atoms in total. The Kier molecular flexibility index (Phi) is 6.37. The third-order valence-corrected chi connectivity index (χ3v) is 3.76. The third kappa shape index (κ3) is 4.42. The van der Waals surface area contributed by atoms with Gasteiger partial charge < -0.3 is 9.64 Å². The third-order valence-electron chi connectivity index (χ3n) is 3.76. The van der Waals surface area contributed by atoms with Gasteiger partial charge >= 0.3 is 0 Å². The summed E-state index contributed by atoms with van der Waals surface area (Å²) >= 11 is 0. The zero-order chi connectivity index (χ0) is 11.9. The van der Waals surface area contributed by atoms with Crippen molar-refractivity contribution in [2.45, 2.75) is 52.4 Å². The smallest absolute Gasteiger partial charge is 0.0545 e. The van der Waals surface area contributed by atoms with Crippen molar-refractivity contribution in [3.05, 3.63) is 0 Å². The van der Waals surface area contributed by atoms with Crippen LogP contribution in [0.2, 0.25) is 0 Å². The van der Waals surface area contributed by atoms with Gasteiger partial charge in [-0.3, -0.25) is 0 Å². The molecule has 0 aromatic heterocycles. The Balaban J connectivity index is 2.19. The van der Waals surface area contributed by atoms with Gasteiger partial charge in [0.1, 0.15) is 0 Å². The number of ether oxygens (including phenoxy) is 1. The minimum absolute atomic E-state index is 0.539. The highest BCUT2D eigenvalue weighted by Crippen LogP contribution is 2.37. The van der Waals surface area contributed by atoms with Crippen LogP contribution in [-0.4, -0.2) is 38.3 Å². The van der Waals surface area contributed by atoms with E-state index in [0.717, 1.165) is 13.2 Å². The van der Waals surface area contributed by atoms with Crippen LogP contribution >= 0.6 is 0 Å². The number of rotatable bonds is 9. The molecule has 0 radical (unpaired) electrons. The van der Waals surface area contributed by atoms with Crippen LogP contribution in [0.5, 0.6) is 0 Å². The average Bonchev–Trinajstić information content (AvgIpc) is 2.21. The zero-order valence-electron chi connectivity index (χ0n) is 11.4. The lowest BCUT2D eigenvalue weighted by molar-refractivity contribution is -0.125. The van der Waals surface area contributed by atoms with Crippen molar-refractivity contribution >= 4 is 0 Å². The largest absolute Gasteiger partial charge is 0.380 e. The highest BCUT2D eigenvalue weighted by atomic mass is 16.5. The normalized spacial score (nSPS) is 18.8. The highest BCUT2D eigenvalue weighted by Gasteiger charge is 2.37. The van der Waals surface area contributed by atoms with Crippen molar-refractivity contribution < 1.29 is 4.74 Å². The van der Waals surface area contributed by atoms with Gasteiger partial charge in [-0.05, 0) is 39.4 Å². The van der Waals surface area contributed by atoms with Gasteiger partial charge in [-0.2, -0.15) is 0 Å². The molecule has 0 aliphatic carbocycles. The number of unbranched alkanes of at least 4 members (excludes halogenated alkanes) is 2. The Morgan fingerprint density at radius 2 is 1.75 bits per heavy atom. The van der Waals surface area contributed by atoms with E-state index in [4.69, 9.17) is 4.74 Å². The van der Waals surface area contributed by atoms with Crippen LogP contribution in [0.15, 0.2) is 0 Å². The van der Waals surface area contributed by atoms with Gasteiger partial charge in [0.25, 0.3) is 0 Å². The SMILES string of the molecule is CCCCCC1(CCN(C)CCC)COC1. The lowest BCUT2D eigenvalue weighted by atomic mass is 9.77. The minimum Gasteiger partial charge on any atom is -0.380 e. The first-order valence-corrected chi connectivity index (χ1v) is 6.99. The topological polar surface area (TPSA) is 12.5 Å². The molecule has 0 bridgehead atoms. The van der Waals surface area contributed by atoms with Crippen LogP contribution in [0.4, 0.5) is 0 Å². The maximum atomic E-state index is 5.44. The van der Waals surface area contributed by atoms with Crippen molar-refractivity contribution in [3.8, 4) is 0 Å². The van der Waals surface area contributed by atoms with E-state index in [2.05, 4.69) is 25.8 Å². The number of nitrogens with zero attached hydrogens (tertiary/aromatic N) is 1. The quantitative estimate of drug-likeness (QED) is 0.560. The highest BCUT2D eigenvalue weighted by molar-refractivity contribution is 4.86. The average molecular weight is 227 g/mol. The fourth-order valence-corrected chi connectivity index (χ4v) is 2.48. The van der Waals surface area contributed by atoms with Gasteiger partial charge in [-0.25, -0.2) is 0 Å². The second-order valence-electron chi connectivity index (χ2n) is 5.50. The van der Waals surface area contributed by atoms with Crippen LogP contribution in [-0.2, 0) is 4.74 Å². The van der Waals surface area contributed by atoms with Crippen molar-refractivity contribution in [2.75, 3.05) is 33.4 Å². The van der Waals surface area contributed by atoms with Crippen LogP contribution in [0.1, 0.15) is 52.4 Å². The molecule has 2 heteroatoms. The van der Waals surface area contributed by atoms with Crippen molar-refractivity contribution in [3.63, 3.8) is 0 Å². The first-order valence-electron chi connectivity index (χ1n) is 6.99. The molecule has 1 aliphatic heterocycles. The van der Waals surface area contributed by atoms with E-state index >= 15 is 0 Å². The predicted octanol–water partition coefficient (Wildman–Crippen LogP) is 3.32. The molecule has 1 saturated heterocycles. The fourth-order valence-electron chi connectivity index (χ4n) is 2.48. The first kappa shape index (κ1) is 14.0. The molecule has 0 atom stereocenters. The summed E-state index contributed by atoms with van der Waals surface area (Å²) in [4.78, 5) is 2.46. The van der Waals surface area contributed by atoms with Crippen LogP contribution in [0.25, 0.3) is 0 Å². The molecule has 0 aromatic rings. The standard InChI is InChI=1S/C14H29NO/c1-4-6-7-8-14(12-16-13-14)9-11-15(3)10-5-2/h4-13H2,1-3H3. The predicted molar refractivity (Wildman–Crippen MR) is 69.8 cm³/mol. The van der Waals surface area contributed by atoms with Gasteiger partial charge in [-0.1, -0.05) is 33.1 Å². The van der Waals surface area contributed by atoms with E-state index in [9.17, 15) is 0 Å². The van der Waals surface area contributed by atoms with E-state index in [0.29, 0.717) is 5.41 Å². The Morgan fingerprint density at radius 1 is 1.00 bits per heavy atom. The Bertz CT molecular complexity index is 178. The van der Waals surface area contributed by atoms with Gasteiger partial charge in [0.05, 0.1) is 13.2 Å². The van der Waals surface area contributed by atoms with Gasteiger partial charge in [0, 0.05) is 5.41 Å². The van der Waals surface area contributed by atoms with Gasteiger partial charge in [0.15, 0.2) is 0 Å². The lowest BCUT2D eigenvalue weighted by Crippen LogP contribution is -2.44. The summed E-state index contributed by atoms with van der Waals surface area (Å²) in [5.41, 5.74) is 0.539. The zero-order valence-corrected chi connectivity index (χ0v) is 11.4. The monoisotopic (exact) mass is 227 g/mol. The second-order valence-corrected chi connectivity index (χ2v) is 5.50. The Morgan fingerprint density at radius 3 is 2.25 bits per heavy atom. The summed E-state index contributed by atoms with van der Waals surface area (Å²) in [7, 11) is 2.24. The molecule has 1 fully saturated rings. The molecular formula is C14H29NO. The second kappa shape index (κ2) is 7.29. The molecule has 1 aliphatic rings. The summed E-state index contributed by atoms with van der Waals surface area (Å²) < 4.78 is 5.44. The molecule has 16 heavy (non-hydrogen) atoms. The summed E-state index contributed by atoms with van der Waals surface area (Å²) in [6.07, 6.45) is 8.06. The molecule has 0 unspecified atom stereocenters. The van der Waals surface area contributed by atoms with Crippen LogP contribution in [0.3, 0.4) is 0 Å². The van der Waals surface area contributed by atoms with Crippen molar-refractivity contribution in [1.82, 2.24) is 4.90 Å². The summed E-state index contributed by atoms with van der Waals surface area (Å²) in [6.45, 7) is 9.02. The molecular weight excluding hydrogens is 198 g/mol. The molecule has 1 heterocycles. The minimum atomic E-state index is 0.539. The summed E-state index contributed by atoms with van der Waals surface area (Å²) in [5.74, 6) is 0. The lowest BCUT2D eigenvalue weighted by Gasteiger charge is -2.42. The first-order chi connectivity index (χ1) is 7.72. The molecule has 0 spiro atoms. The molecule has 0 aromatic carbocycles. The number of hydrogen-bond donors (Lipinski definition) is 0. The van der Waals surface area contributed by atoms with Crippen molar-refractivity contribution in [2.24, 2.45) is 5.41 Å². The van der Waals surface area contributed by atoms with E-state index in [1.165, 1.54) is 51.6 Å². The van der Waals surface area contributed by atoms with E-state index in [1.54, 1.807) is 0 Å². The molecule has 96 valence electrons. The van der Waals surface area contributed by atoms with Gasteiger partial charge in [0.2, 0.25) is 0 Å². The summed E-state index contributed by atoms with van der Waals surface area (Å²) in [6, 6.07) is 0. The van der Waals surface area contributed by atoms with E-state index in [-0.39, 0.29) is 0 Å².